The van der Waals surface area contributed by atoms with Gasteiger partial charge in [-0.25, -0.2) is 8.42 Å². The number of rotatable bonds is 6. The maximum absolute atomic E-state index is 12.5. The van der Waals surface area contributed by atoms with E-state index < -0.39 is 10.0 Å². The Labute approximate surface area is 162 Å². The van der Waals surface area contributed by atoms with Crippen LogP contribution in [0.25, 0.3) is 6.08 Å². The van der Waals surface area contributed by atoms with Crippen molar-refractivity contribution in [1.29, 1.82) is 0 Å². The molecule has 3 rings (SSSR count). The summed E-state index contributed by atoms with van der Waals surface area (Å²) in [4.78, 5) is 14.5. The zero-order chi connectivity index (χ0) is 19.3. The molecule has 0 spiro atoms. The summed E-state index contributed by atoms with van der Waals surface area (Å²) in [6.45, 7) is 3.85. The van der Waals surface area contributed by atoms with Crippen LogP contribution in [-0.4, -0.2) is 61.8 Å². The minimum absolute atomic E-state index is 0.0576. The monoisotopic (exact) mass is 391 g/mol. The fourth-order valence-electron chi connectivity index (χ4n) is 3.72. The molecule has 2 aliphatic rings. The lowest BCUT2D eigenvalue weighted by molar-refractivity contribution is -0.127. The van der Waals surface area contributed by atoms with Crippen LogP contribution in [0.1, 0.15) is 38.2 Å². The summed E-state index contributed by atoms with van der Waals surface area (Å²) in [5.41, 5.74) is 0.858. The maximum atomic E-state index is 12.5. The van der Waals surface area contributed by atoms with Gasteiger partial charge in [0.25, 0.3) is 0 Å². The minimum Gasteiger partial charge on any atom is -0.352 e. The van der Waals surface area contributed by atoms with Gasteiger partial charge < -0.3 is 5.32 Å². The number of sulfonamides is 1. The largest absolute Gasteiger partial charge is 0.352 e. The van der Waals surface area contributed by atoms with Gasteiger partial charge >= 0.3 is 0 Å². The van der Waals surface area contributed by atoms with E-state index in [0.717, 1.165) is 18.4 Å². The van der Waals surface area contributed by atoms with Crippen LogP contribution in [0, 0.1) is 0 Å². The van der Waals surface area contributed by atoms with Gasteiger partial charge in [-0.3, -0.25) is 9.69 Å². The van der Waals surface area contributed by atoms with Crippen molar-refractivity contribution in [2.75, 3.05) is 26.2 Å². The van der Waals surface area contributed by atoms with Gasteiger partial charge in [-0.1, -0.05) is 43.2 Å². The van der Waals surface area contributed by atoms with Crippen LogP contribution in [0.15, 0.2) is 35.7 Å². The minimum atomic E-state index is -3.44. The second kappa shape index (κ2) is 8.99. The molecule has 1 N–H and O–H groups in total. The van der Waals surface area contributed by atoms with Crippen LogP contribution < -0.4 is 5.32 Å². The molecule has 1 aromatic rings. The van der Waals surface area contributed by atoms with Gasteiger partial charge in [0.15, 0.2) is 0 Å². The fraction of sp³-hybridized carbons (Fsp3) is 0.550. The Balaban J connectivity index is 1.51. The number of benzene rings is 1. The number of carbonyl (C=O) groups excluding carboxylic acids is 1. The number of nitrogens with zero attached hydrogens (tertiary/aromatic N) is 2. The Hall–Kier alpha value is -1.70. The molecule has 1 aromatic carbocycles. The first kappa shape index (κ1) is 20.0. The molecular weight excluding hydrogens is 362 g/mol. The summed E-state index contributed by atoms with van der Waals surface area (Å²) in [6.07, 6.45) is 6.13. The highest BCUT2D eigenvalue weighted by Crippen LogP contribution is 2.18. The second-order valence-corrected chi connectivity index (χ2v) is 9.18. The van der Waals surface area contributed by atoms with Gasteiger partial charge in [-0.15, -0.1) is 0 Å². The Morgan fingerprint density at radius 1 is 1.11 bits per heavy atom. The van der Waals surface area contributed by atoms with E-state index in [0.29, 0.717) is 32.2 Å². The van der Waals surface area contributed by atoms with Crippen molar-refractivity contribution in [3.05, 3.63) is 41.3 Å². The third-order valence-electron chi connectivity index (χ3n) is 5.49. The van der Waals surface area contributed by atoms with Crippen molar-refractivity contribution in [1.82, 2.24) is 14.5 Å². The van der Waals surface area contributed by atoms with Crippen LogP contribution in [0.5, 0.6) is 0 Å². The van der Waals surface area contributed by atoms with E-state index in [9.17, 15) is 13.2 Å². The zero-order valence-electron chi connectivity index (χ0n) is 15.9. The average Bonchev–Trinajstić information content (AvgIpc) is 3.20. The molecular formula is C20H29N3O3S. The standard InChI is InChI=1S/C20H29N3O3S/c1-17(20(24)21-19-9-5-6-10-19)22-12-14-23(15-13-22)27(25,26)16-11-18-7-3-2-4-8-18/h2-4,7-8,11,16-17,19H,5-6,9-10,12-15H2,1H3,(H,21,24)/b16-11+/t17-/m1/s1. The Bertz CT molecular complexity index is 750. The Kier molecular flexibility index (Phi) is 6.68. The third-order valence-corrected chi connectivity index (χ3v) is 7.06. The quantitative estimate of drug-likeness (QED) is 0.806. The molecule has 27 heavy (non-hydrogen) atoms. The van der Waals surface area contributed by atoms with Crippen molar-refractivity contribution in [3.8, 4) is 0 Å². The fourth-order valence-corrected chi connectivity index (χ4v) is 4.89. The van der Waals surface area contributed by atoms with Crippen LogP contribution >= 0.6 is 0 Å². The predicted molar refractivity (Wildman–Crippen MR) is 107 cm³/mol. The molecule has 2 fully saturated rings. The summed E-state index contributed by atoms with van der Waals surface area (Å²) in [5.74, 6) is 0.0576. The van der Waals surface area contributed by atoms with E-state index >= 15 is 0 Å². The zero-order valence-corrected chi connectivity index (χ0v) is 16.7. The molecule has 0 radical (unpaired) electrons. The van der Waals surface area contributed by atoms with E-state index in [1.165, 1.54) is 22.6 Å². The highest BCUT2D eigenvalue weighted by atomic mass is 32.2. The molecule has 0 aromatic heterocycles. The molecule has 0 unspecified atom stereocenters. The van der Waals surface area contributed by atoms with E-state index in [1.807, 2.05) is 37.3 Å². The SMILES string of the molecule is C[C@H](C(=O)NC1CCCC1)N1CCN(S(=O)(=O)/C=C/c2ccccc2)CC1. The summed E-state index contributed by atoms with van der Waals surface area (Å²) in [7, 11) is -3.44. The summed E-state index contributed by atoms with van der Waals surface area (Å²) in [6, 6.07) is 9.48. The molecule has 1 atom stereocenters. The molecule has 1 amide bonds. The highest BCUT2D eigenvalue weighted by Gasteiger charge is 2.30. The first-order valence-corrected chi connectivity index (χ1v) is 11.2. The van der Waals surface area contributed by atoms with Crippen molar-refractivity contribution in [3.63, 3.8) is 0 Å². The van der Waals surface area contributed by atoms with E-state index in [-0.39, 0.29) is 11.9 Å². The van der Waals surface area contributed by atoms with E-state index in [1.54, 1.807) is 6.08 Å². The number of hydrogen-bond donors (Lipinski definition) is 1. The van der Waals surface area contributed by atoms with Crippen molar-refractivity contribution < 1.29 is 13.2 Å². The molecule has 1 heterocycles. The van der Waals surface area contributed by atoms with Crippen molar-refractivity contribution >= 4 is 22.0 Å². The third kappa shape index (κ3) is 5.40. The predicted octanol–water partition coefficient (Wildman–Crippen LogP) is 2.05. The van der Waals surface area contributed by atoms with Crippen molar-refractivity contribution in [2.45, 2.75) is 44.7 Å². The molecule has 1 saturated carbocycles. The topological polar surface area (TPSA) is 69.7 Å². The molecule has 1 aliphatic heterocycles. The van der Waals surface area contributed by atoms with Crippen LogP contribution in [0.3, 0.4) is 0 Å². The lowest BCUT2D eigenvalue weighted by Gasteiger charge is -2.36. The van der Waals surface area contributed by atoms with Gasteiger partial charge in [-0.05, 0) is 31.4 Å². The Morgan fingerprint density at radius 3 is 2.37 bits per heavy atom. The second-order valence-electron chi connectivity index (χ2n) is 7.36. The van der Waals surface area contributed by atoms with Crippen molar-refractivity contribution in [2.24, 2.45) is 0 Å². The number of carbonyl (C=O) groups is 1. The molecule has 1 aliphatic carbocycles. The summed E-state index contributed by atoms with van der Waals surface area (Å²) >= 11 is 0. The normalized spacial score (nSPS) is 21.5. The number of amides is 1. The van der Waals surface area contributed by atoms with Gasteiger partial charge in [0.2, 0.25) is 15.9 Å². The lowest BCUT2D eigenvalue weighted by atomic mass is 10.2. The summed E-state index contributed by atoms with van der Waals surface area (Å²) < 4.78 is 26.6. The van der Waals surface area contributed by atoms with Crippen LogP contribution in [0.2, 0.25) is 0 Å². The van der Waals surface area contributed by atoms with Gasteiger partial charge in [0.05, 0.1) is 6.04 Å². The van der Waals surface area contributed by atoms with Gasteiger partial charge in [0, 0.05) is 37.6 Å². The van der Waals surface area contributed by atoms with E-state index in [2.05, 4.69) is 10.2 Å². The van der Waals surface area contributed by atoms with E-state index in [4.69, 9.17) is 0 Å². The lowest BCUT2D eigenvalue weighted by Crippen LogP contribution is -2.55. The highest BCUT2D eigenvalue weighted by molar-refractivity contribution is 7.92. The van der Waals surface area contributed by atoms with Crippen LogP contribution in [-0.2, 0) is 14.8 Å². The first-order chi connectivity index (χ1) is 13.0. The molecule has 148 valence electrons. The first-order valence-electron chi connectivity index (χ1n) is 9.73. The maximum Gasteiger partial charge on any atom is 0.237 e. The molecule has 1 saturated heterocycles. The van der Waals surface area contributed by atoms with Gasteiger partial charge in [-0.2, -0.15) is 4.31 Å². The van der Waals surface area contributed by atoms with Crippen LogP contribution in [0.4, 0.5) is 0 Å². The molecule has 7 heteroatoms. The smallest absolute Gasteiger partial charge is 0.237 e. The van der Waals surface area contributed by atoms with Gasteiger partial charge in [0.1, 0.15) is 0 Å². The number of piperazine rings is 1. The molecule has 6 nitrogen and oxygen atoms in total. The summed E-state index contributed by atoms with van der Waals surface area (Å²) in [5, 5.41) is 4.40. The average molecular weight is 392 g/mol. The number of nitrogens with one attached hydrogen (secondary N) is 1. The molecule has 0 bridgehead atoms. The number of hydrogen-bond acceptors (Lipinski definition) is 4. The Morgan fingerprint density at radius 2 is 1.74 bits per heavy atom.